The Hall–Kier alpha value is -2.68. The van der Waals surface area contributed by atoms with Gasteiger partial charge in [0.15, 0.2) is 5.76 Å². The van der Waals surface area contributed by atoms with Gasteiger partial charge in [-0.1, -0.05) is 39.3 Å². The van der Waals surface area contributed by atoms with Crippen LogP contribution in [0.4, 0.5) is 0 Å². The monoisotopic (exact) mass is 485 g/mol. The SMILES string of the molecule is CCC(C)[C@H]1C(=O)N(CC2CCNCC2)CC2N1C(=O)[C@H](CC(C)C)N2C(=O)/C=C/c1ccno1. The molecule has 3 aliphatic rings. The van der Waals surface area contributed by atoms with Crippen molar-refractivity contribution in [3.8, 4) is 0 Å². The molecule has 0 bridgehead atoms. The molecule has 0 spiro atoms. The lowest BCUT2D eigenvalue weighted by Gasteiger charge is -2.47. The molecule has 0 radical (unpaired) electrons. The number of piperazine rings is 1. The van der Waals surface area contributed by atoms with Crippen LogP contribution < -0.4 is 5.32 Å². The number of amides is 3. The molecule has 4 rings (SSSR count). The van der Waals surface area contributed by atoms with E-state index in [9.17, 15) is 14.4 Å². The molecule has 1 aromatic rings. The third-order valence-electron chi connectivity index (χ3n) is 7.68. The number of fused-ring (bicyclic) bond motifs is 1. The Morgan fingerprint density at radius 1 is 1.23 bits per heavy atom. The number of carbonyl (C=O) groups excluding carboxylic acids is 3. The minimum absolute atomic E-state index is 0.00394. The molecule has 4 heterocycles. The van der Waals surface area contributed by atoms with Crippen LogP contribution in [-0.4, -0.2) is 82.0 Å². The molecule has 3 amide bonds. The number of carbonyl (C=O) groups is 3. The molecule has 3 fully saturated rings. The Balaban J connectivity index is 1.67. The highest BCUT2D eigenvalue weighted by molar-refractivity contribution is 6.00. The second kappa shape index (κ2) is 10.9. The van der Waals surface area contributed by atoms with E-state index in [-0.39, 0.29) is 29.6 Å². The van der Waals surface area contributed by atoms with Gasteiger partial charge in [-0.15, -0.1) is 0 Å². The number of rotatable bonds is 8. The molecule has 1 aromatic heterocycles. The number of nitrogens with one attached hydrogen (secondary N) is 1. The normalized spacial score (nSPS) is 26.8. The van der Waals surface area contributed by atoms with Crippen LogP contribution in [-0.2, 0) is 14.4 Å². The van der Waals surface area contributed by atoms with Crippen molar-refractivity contribution in [1.82, 2.24) is 25.2 Å². The van der Waals surface area contributed by atoms with Crippen molar-refractivity contribution in [2.75, 3.05) is 26.2 Å². The second-order valence-corrected chi connectivity index (χ2v) is 10.6. The predicted octanol–water partition coefficient (Wildman–Crippen LogP) is 2.36. The summed E-state index contributed by atoms with van der Waals surface area (Å²) < 4.78 is 5.10. The summed E-state index contributed by atoms with van der Waals surface area (Å²) in [6.45, 7) is 11.2. The number of piperidine rings is 1. The van der Waals surface area contributed by atoms with Gasteiger partial charge in [0, 0.05) is 18.7 Å². The van der Waals surface area contributed by atoms with Crippen LogP contribution >= 0.6 is 0 Å². The van der Waals surface area contributed by atoms with Gasteiger partial charge in [0.25, 0.3) is 0 Å². The summed E-state index contributed by atoms with van der Waals surface area (Å²) >= 11 is 0. The van der Waals surface area contributed by atoms with E-state index in [1.165, 1.54) is 12.3 Å². The van der Waals surface area contributed by atoms with Gasteiger partial charge in [-0.25, -0.2) is 0 Å². The molecule has 192 valence electrons. The first-order valence-corrected chi connectivity index (χ1v) is 13.0. The standard InChI is InChI=1S/C26H39N5O4/c1-5-18(4)24-26(34)29(15-19-8-11-27-12-9-19)16-22-30(21(14-17(2)3)25(33)31(22)24)23(32)7-6-20-10-13-28-35-20/h6-7,10,13,17-19,21-22,24,27H,5,8-9,11-12,14-16H2,1-4H3/b7-6+/t18?,21-,22?,24-/m0/s1. The van der Waals surface area contributed by atoms with Crippen LogP contribution in [0.25, 0.3) is 6.08 Å². The Bertz CT molecular complexity index is 924. The maximum Gasteiger partial charge on any atom is 0.249 e. The van der Waals surface area contributed by atoms with E-state index in [2.05, 4.69) is 24.3 Å². The summed E-state index contributed by atoms with van der Waals surface area (Å²) in [4.78, 5) is 46.5. The van der Waals surface area contributed by atoms with E-state index >= 15 is 0 Å². The molecule has 1 N–H and O–H groups in total. The molecule has 2 unspecified atom stereocenters. The molecule has 9 nitrogen and oxygen atoms in total. The second-order valence-electron chi connectivity index (χ2n) is 10.6. The first-order chi connectivity index (χ1) is 16.8. The Morgan fingerprint density at radius 3 is 2.60 bits per heavy atom. The van der Waals surface area contributed by atoms with Crippen molar-refractivity contribution < 1.29 is 18.9 Å². The smallest absolute Gasteiger partial charge is 0.249 e. The Labute approximate surface area is 207 Å². The van der Waals surface area contributed by atoms with Crippen molar-refractivity contribution in [1.29, 1.82) is 0 Å². The largest absolute Gasteiger partial charge is 0.357 e. The molecular weight excluding hydrogens is 446 g/mol. The fourth-order valence-corrected chi connectivity index (χ4v) is 5.66. The lowest BCUT2D eigenvalue weighted by molar-refractivity contribution is -0.158. The van der Waals surface area contributed by atoms with Crippen molar-refractivity contribution in [3.63, 3.8) is 0 Å². The summed E-state index contributed by atoms with van der Waals surface area (Å²) in [7, 11) is 0. The molecule has 4 atom stereocenters. The topological polar surface area (TPSA) is 99.0 Å². The average molecular weight is 486 g/mol. The van der Waals surface area contributed by atoms with E-state index in [0.29, 0.717) is 31.2 Å². The van der Waals surface area contributed by atoms with Gasteiger partial charge in [-0.2, -0.15) is 0 Å². The highest BCUT2D eigenvalue weighted by atomic mass is 16.5. The maximum absolute atomic E-state index is 13.8. The first-order valence-electron chi connectivity index (χ1n) is 13.0. The van der Waals surface area contributed by atoms with E-state index in [0.717, 1.165) is 32.4 Å². The molecular formula is C26H39N5O4. The summed E-state index contributed by atoms with van der Waals surface area (Å²) in [6, 6.07) is 0.555. The first kappa shape index (κ1) is 25.4. The lowest BCUT2D eigenvalue weighted by atomic mass is 9.91. The third kappa shape index (κ3) is 5.29. The molecule has 0 aliphatic carbocycles. The molecule has 0 aromatic carbocycles. The number of hydrogen-bond acceptors (Lipinski definition) is 6. The Kier molecular flexibility index (Phi) is 7.94. The van der Waals surface area contributed by atoms with Gasteiger partial charge in [0.1, 0.15) is 18.2 Å². The highest BCUT2D eigenvalue weighted by Crippen LogP contribution is 2.36. The lowest BCUT2D eigenvalue weighted by Crippen LogP contribution is -2.65. The van der Waals surface area contributed by atoms with Crippen molar-refractivity contribution in [3.05, 3.63) is 24.1 Å². The van der Waals surface area contributed by atoms with Gasteiger partial charge in [-0.05, 0) is 56.2 Å². The summed E-state index contributed by atoms with van der Waals surface area (Å²) in [5.74, 6) is 0.814. The summed E-state index contributed by atoms with van der Waals surface area (Å²) in [5.41, 5.74) is 0. The van der Waals surface area contributed by atoms with Crippen LogP contribution in [0.5, 0.6) is 0 Å². The van der Waals surface area contributed by atoms with E-state index in [1.807, 2.05) is 18.7 Å². The van der Waals surface area contributed by atoms with Crippen LogP contribution in [0.1, 0.15) is 59.1 Å². The fraction of sp³-hybridized carbons (Fsp3) is 0.692. The van der Waals surface area contributed by atoms with Crippen LogP contribution in [0.3, 0.4) is 0 Å². The van der Waals surface area contributed by atoms with Crippen molar-refractivity contribution in [2.45, 2.75) is 71.6 Å². The van der Waals surface area contributed by atoms with Crippen LogP contribution in [0.15, 0.2) is 22.9 Å². The summed E-state index contributed by atoms with van der Waals surface area (Å²) in [6.07, 6.45) is 7.50. The minimum atomic E-state index is -0.579. The Morgan fingerprint density at radius 2 is 1.97 bits per heavy atom. The molecule has 0 saturated carbocycles. The van der Waals surface area contributed by atoms with E-state index in [4.69, 9.17) is 4.52 Å². The van der Waals surface area contributed by atoms with Gasteiger partial charge >= 0.3 is 0 Å². The quantitative estimate of drug-likeness (QED) is 0.568. The van der Waals surface area contributed by atoms with Gasteiger partial charge in [-0.3, -0.25) is 14.4 Å². The highest BCUT2D eigenvalue weighted by Gasteiger charge is 2.56. The average Bonchev–Trinajstić information content (AvgIpc) is 3.45. The van der Waals surface area contributed by atoms with Gasteiger partial charge in [0.05, 0.1) is 12.7 Å². The number of aromatic nitrogens is 1. The van der Waals surface area contributed by atoms with Crippen molar-refractivity contribution in [2.24, 2.45) is 17.8 Å². The van der Waals surface area contributed by atoms with Gasteiger partial charge < -0.3 is 24.5 Å². The zero-order valence-corrected chi connectivity index (χ0v) is 21.4. The molecule has 3 saturated heterocycles. The third-order valence-corrected chi connectivity index (χ3v) is 7.68. The fourth-order valence-electron chi connectivity index (χ4n) is 5.66. The summed E-state index contributed by atoms with van der Waals surface area (Å²) in [5, 5.41) is 7.06. The molecule has 3 aliphatic heterocycles. The number of nitrogens with zero attached hydrogens (tertiary/aromatic N) is 4. The minimum Gasteiger partial charge on any atom is -0.357 e. The van der Waals surface area contributed by atoms with Crippen molar-refractivity contribution >= 4 is 23.8 Å². The van der Waals surface area contributed by atoms with E-state index < -0.39 is 18.2 Å². The maximum atomic E-state index is 13.8. The number of hydrogen-bond donors (Lipinski definition) is 1. The molecule has 35 heavy (non-hydrogen) atoms. The zero-order valence-electron chi connectivity index (χ0n) is 21.4. The zero-order chi connectivity index (χ0) is 25.1. The molecule has 9 heteroatoms. The van der Waals surface area contributed by atoms with Crippen LogP contribution in [0, 0.1) is 17.8 Å². The predicted molar refractivity (Wildman–Crippen MR) is 132 cm³/mol. The van der Waals surface area contributed by atoms with Gasteiger partial charge in [0.2, 0.25) is 17.7 Å². The van der Waals surface area contributed by atoms with Crippen LogP contribution in [0.2, 0.25) is 0 Å². The van der Waals surface area contributed by atoms with E-state index in [1.54, 1.807) is 21.9 Å².